The summed E-state index contributed by atoms with van der Waals surface area (Å²) < 4.78 is 0. The van der Waals surface area contributed by atoms with Crippen molar-refractivity contribution in [2.24, 2.45) is 0 Å². The van der Waals surface area contributed by atoms with Gasteiger partial charge >= 0.3 is 0 Å². The molecule has 2 heteroatoms. The first kappa shape index (κ1) is 37.3. The van der Waals surface area contributed by atoms with Gasteiger partial charge in [-0.1, -0.05) is 212 Å². The van der Waals surface area contributed by atoms with Crippen molar-refractivity contribution in [3.63, 3.8) is 0 Å². The number of rotatable bonds is 7. The lowest BCUT2D eigenvalue weighted by Crippen LogP contribution is -1.98. The first-order chi connectivity index (χ1) is 31.7. The van der Waals surface area contributed by atoms with E-state index in [1.807, 2.05) is 0 Å². The molecule has 11 aromatic carbocycles. The number of benzene rings is 11. The lowest BCUT2D eigenvalue weighted by atomic mass is 9.87. The van der Waals surface area contributed by atoms with Crippen LogP contribution in [0, 0.1) is 0 Å². The van der Waals surface area contributed by atoms with Crippen LogP contribution in [0.25, 0.3) is 122 Å². The molecule has 12 rings (SSSR count). The van der Waals surface area contributed by atoms with Gasteiger partial charge in [0.2, 0.25) is 0 Å². The minimum absolute atomic E-state index is 0.675. The maximum Gasteiger partial charge on any atom is 0.160 e. The van der Waals surface area contributed by atoms with Crippen LogP contribution >= 0.6 is 0 Å². The van der Waals surface area contributed by atoms with E-state index in [4.69, 9.17) is 9.97 Å². The molecule has 2 nitrogen and oxygen atoms in total. The van der Waals surface area contributed by atoms with Crippen LogP contribution in [0.3, 0.4) is 0 Å². The molecule has 0 fully saturated rings. The maximum absolute atomic E-state index is 5.49. The molecule has 0 atom stereocenters. The summed E-state index contributed by atoms with van der Waals surface area (Å²) in [4.78, 5) is 10.9. The van der Waals surface area contributed by atoms with E-state index in [0.717, 1.165) is 55.9 Å². The van der Waals surface area contributed by atoms with Crippen molar-refractivity contribution in [3.8, 4) is 78.4 Å². The van der Waals surface area contributed by atoms with Crippen molar-refractivity contribution in [3.05, 3.63) is 243 Å². The third-order valence-electron chi connectivity index (χ3n) is 12.7. The van der Waals surface area contributed by atoms with Gasteiger partial charge in [-0.25, -0.2) is 9.97 Å². The van der Waals surface area contributed by atoms with Crippen LogP contribution in [0.2, 0.25) is 0 Å². The zero-order chi connectivity index (χ0) is 42.4. The van der Waals surface area contributed by atoms with Crippen molar-refractivity contribution in [1.29, 1.82) is 0 Å². The highest BCUT2D eigenvalue weighted by atomic mass is 14.9. The van der Waals surface area contributed by atoms with Crippen LogP contribution < -0.4 is 0 Å². The molecule has 0 N–H and O–H groups in total. The third kappa shape index (κ3) is 6.70. The third-order valence-corrected chi connectivity index (χ3v) is 12.7. The number of hydrogen-bond donors (Lipinski definition) is 0. The molecule has 0 saturated carbocycles. The Kier molecular flexibility index (Phi) is 9.20. The monoisotopic (exact) mass is 812 g/mol. The molecule has 0 radical (unpaired) electrons. The second-order valence-electron chi connectivity index (χ2n) is 16.5. The summed E-state index contributed by atoms with van der Waals surface area (Å²) in [6, 6.07) is 87.3. The van der Waals surface area contributed by atoms with E-state index in [0.29, 0.717) is 5.82 Å². The van der Waals surface area contributed by atoms with Crippen molar-refractivity contribution >= 4 is 43.1 Å². The second kappa shape index (κ2) is 15.8. The Labute approximate surface area is 372 Å². The van der Waals surface area contributed by atoms with Crippen LogP contribution in [-0.2, 0) is 0 Å². The highest BCUT2D eigenvalue weighted by molar-refractivity contribution is 6.20. The van der Waals surface area contributed by atoms with Gasteiger partial charge in [-0.05, 0) is 118 Å². The Morgan fingerprint density at radius 2 is 0.750 bits per heavy atom. The fourth-order valence-corrected chi connectivity index (χ4v) is 9.56. The first-order valence-electron chi connectivity index (χ1n) is 21.9. The van der Waals surface area contributed by atoms with E-state index in [-0.39, 0.29) is 0 Å². The van der Waals surface area contributed by atoms with Crippen molar-refractivity contribution in [2.45, 2.75) is 0 Å². The van der Waals surface area contributed by atoms with E-state index in [2.05, 4.69) is 243 Å². The van der Waals surface area contributed by atoms with Crippen molar-refractivity contribution in [1.82, 2.24) is 9.97 Å². The summed E-state index contributed by atoms with van der Waals surface area (Å²) in [7, 11) is 0. The van der Waals surface area contributed by atoms with Gasteiger partial charge in [0.15, 0.2) is 5.82 Å². The molecule has 0 unspecified atom stereocenters. The zero-order valence-electron chi connectivity index (χ0n) is 35.0. The molecule has 12 aromatic rings. The summed E-state index contributed by atoms with van der Waals surface area (Å²) in [5, 5.41) is 9.78. The standard InChI is InChI=1S/C62H40N2/c1-3-16-41(17-4-1)42-30-32-46(33-31-42)62-63-59(40-60(64-62)56-28-14-13-25-52(56)43-18-5-2-6-19-43)49-36-48(54-29-15-23-44-20-7-10-24-51(44)54)37-50(38-49)61-55-27-12-9-22-47(55)39-58-53-26-11-8-21-45(53)34-35-57(58)61/h1-40H. The molecule has 64 heavy (non-hydrogen) atoms. The Bertz CT molecular complexity index is 3700. The molecule has 0 aliphatic heterocycles. The summed E-state index contributed by atoms with van der Waals surface area (Å²) in [6.45, 7) is 0. The van der Waals surface area contributed by atoms with Gasteiger partial charge in [0.05, 0.1) is 11.4 Å². The topological polar surface area (TPSA) is 25.8 Å². The van der Waals surface area contributed by atoms with Gasteiger partial charge < -0.3 is 0 Å². The van der Waals surface area contributed by atoms with Gasteiger partial charge in [0.1, 0.15) is 0 Å². The number of hydrogen-bond acceptors (Lipinski definition) is 2. The van der Waals surface area contributed by atoms with Gasteiger partial charge in [-0.15, -0.1) is 0 Å². The summed E-state index contributed by atoms with van der Waals surface area (Å²) in [6.07, 6.45) is 0. The number of fused-ring (bicyclic) bond motifs is 5. The average molecular weight is 813 g/mol. The predicted octanol–water partition coefficient (Wildman–Crippen LogP) is 16.8. The van der Waals surface area contributed by atoms with Crippen LogP contribution in [0.1, 0.15) is 0 Å². The Balaban J connectivity index is 1.14. The number of nitrogens with zero attached hydrogens (tertiary/aromatic N) is 2. The summed E-state index contributed by atoms with van der Waals surface area (Å²) >= 11 is 0. The molecule has 298 valence electrons. The molecule has 0 aliphatic rings. The second-order valence-corrected chi connectivity index (χ2v) is 16.5. The SMILES string of the molecule is c1ccc(-c2ccc(-c3nc(-c4cc(-c5cccc6ccccc56)cc(-c5c6ccccc6cc6c5ccc5ccccc56)c4)cc(-c4ccccc4-c4ccccc4)n3)cc2)cc1. The lowest BCUT2D eigenvalue weighted by Gasteiger charge is -2.18. The predicted molar refractivity (Wildman–Crippen MR) is 270 cm³/mol. The molecule has 0 bridgehead atoms. The highest BCUT2D eigenvalue weighted by Crippen LogP contribution is 2.44. The molecule has 0 spiro atoms. The van der Waals surface area contributed by atoms with Crippen LogP contribution in [-0.4, -0.2) is 9.97 Å². The highest BCUT2D eigenvalue weighted by Gasteiger charge is 2.19. The minimum Gasteiger partial charge on any atom is -0.228 e. The summed E-state index contributed by atoms with van der Waals surface area (Å²) in [5.41, 5.74) is 14.0. The molecular formula is C62H40N2. The van der Waals surface area contributed by atoms with Crippen LogP contribution in [0.15, 0.2) is 243 Å². The van der Waals surface area contributed by atoms with E-state index in [1.165, 1.54) is 59.8 Å². The van der Waals surface area contributed by atoms with E-state index >= 15 is 0 Å². The Morgan fingerprint density at radius 3 is 1.53 bits per heavy atom. The molecular weight excluding hydrogens is 773 g/mol. The molecule has 1 heterocycles. The van der Waals surface area contributed by atoms with Gasteiger partial charge in [0, 0.05) is 16.7 Å². The molecule has 1 aromatic heterocycles. The van der Waals surface area contributed by atoms with Gasteiger partial charge in [-0.3, -0.25) is 0 Å². The van der Waals surface area contributed by atoms with E-state index in [9.17, 15) is 0 Å². The first-order valence-corrected chi connectivity index (χ1v) is 21.9. The van der Waals surface area contributed by atoms with Crippen molar-refractivity contribution in [2.75, 3.05) is 0 Å². The fraction of sp³-hybridized carbons (Fsp3) is 0. The maximum atomic E-state index is 5.49. The van der Waals surface area contributed by atoms with Crippen molar-refractivity contribution < 1.29 is 0 Å². The quantitative estimate of drug-likeness (QED) is 0.118. The number of aromatic nitrogens is 2. The largest absolute Gasteiger partial charge is 0.228 e. The van der Waals surface area contributed by atoms with Gasteiger partial charge in [-0.2, -0.15) is 0 Å². The van der Waals surface area contributed by atoms with Crippen LogP contribution in [0.5, 0.6) is 0 Å². The zero-order valence-corrected chi connectivity index (χ0v) is 35.0. The summed E-state index contributed by atoms with van der Waals surface area (Å²) in [5.74, 6) is 0.675. The minimum atomic E-state index is 0.675. The Morgan fingerprint density at radius 1 is 0.219 bits per heavy atom. The molecule has 0 saturated heterocycles. The van der Waals surface area contributed by atoms with Gasteiger partial charge in [0.25, 0.3) is 0 Å². The normalized spacial score (nSPS) is 11.4. The fourth-order valence-electron chi connectivity index (χ4n) is 9.56. The molecule has 0 aliphatic carbocycles. The average Bonchev–Trinajstić information content (AvgIpc) is 3.38. The smallest absolute Gasteiger partial charge is 0.160 e. The lowest BCUT2D eigenvalue weighted by molar-refractivity contribution is 1.18. The van der Waals surface area contributed by atoms with Crippen LogP contribution in [0.4, 0.5) is 0 Å². The van der Waals surface area contributed by atoms with E-state index < -0.39 is 0 Å². The molecule has 0 amide bonds. The van der Waals surface area contributed by atoms with E-state index in [1.54, 1.807) is 0 Å². The Hall–Kier alpha value is -8.46.